The number of carbonyl (C=O) groups excluding carboxylic acids is 2. The number of aromatic nitrogens is 2. The number of rotatable bonds is 4. The molecule has 2 aromatic heterocycles. The zero-order valence-electron chi connectivity index (χ0n) is 21.3. The molecule has 2 aliphatic rings. The van der Waals surface area contributed by atoms with Crippen molar-refractivity contribution < 1.29 is 22.8 Å². The smallest absolute Gasteiger partial charge is 0.370 e. The highest BCUT2D eigenvalue weighted by molar-refractivity contribution is 7.13. The number of pyridine rings is 1. The Bertz CT molecular complexity index is 1340. The first-order valence-corrected chi connectivity index (χ1v) is 13.7. The number of fused-ring (bicyclic) bond motifs is 1. The largest absolute Gasteiger partial charge is 0.418 e. The molecule has 0 unspecified atom stereocenters. The average molecular weight is 546 g/mol. The summed E-state index contributed by atoms with van der Waals surface area (Å²) in [6.45, 7) is 6.50. The van der Waals surface area contributed by atoms with E-state index in [1.165, 1.54) is 29.7 Å². The van der Waals surface area contributed by atoms with Crippen LogP contribution in [0.1, 0.15) is 54.2 Å². The summed E-state index contributed by atoms with van der Waals surface area (Å²) < 4.78 is 44.6. The minimum Gasteiger partial charge on any atom is -0.370 e. The number of nitrogens with zero attached hydrogens (tertiary/aromatic N) is 4. The van der Waals surface area contributed by atoms with Gasteiger partial charge in [0.05, 0.1) is 33.6 Å². The second-order valence-electron chi connectivity index (χ2n) is 10.2. The molecule has 2 fully saturated rings. The lowest BCUT2D eigenvalue weighted by molar-refractivity contribution is -0.137. The maximum Gasteiger partial charge on any atom is 0.418 e. The Hall–Kier alpha value is -3.21. The molecule has 38 heavy (non-hydrogen) atoms. The summed E-state index contributed by atoms with van der Waals surface area (Å²) in [7, 11) is 0. The van der Waals surface area contributed by atoms with Gasteiger partial charge in [0.15, 0.2) is 0 Å². The Morgan fingerprint density at radius 1 is 1.05 bits per heavy atom. The van der Waals surface area contributed by atoms with Gasteiger partial charge in [-0.05, 0) is 62.2 Å². The van der Waals surface area contributed by atoms with E-state index in [1.54, 1.807) is 6.20 Å². The average Bonchev–Trinajstić information content (AvgIpc) is 3.28. The Morgan fingerprint density at radius 2 is 1.74 bits per heavy atom. The Balaban J connectivity index is 1.36. The molecular formula is C27H30F3N5O2S. The van der Waals surface area contributed by atoms with Crippen molar-refractivity contribution in [1.29, 1.82) is 0 Å². The van der Waals surface area contributed by atoms with Crippen LogP contribution in [-0.4, -0.2) is 52.3 Å². The molecule has 0 atom stereocenters. The number of hydrogen-bond acceptors (Lipinski definition) is 6. The van der Waals surface area contributed by atoms with Crippen molar-refractivity contribution >= 4 is 44.9 Å². The van der Waals surface area contributed by atoms with Gasteiger partial charge in [-0.2, -0.15) is 17.5 Å². The molecule has 0 bridgehead atoms. The van der Waals surface area contributed by atoms with Crippen LogP contribution < -0.4 is 10.2 Å². The van der Waals surface area contributed by atoms with Crippen LogP contribution in [0.4, 0.5) is 24.5 Å². The maximum absolute atomic E-state index is 13.6. The minimum atomic E-state index is -4.55. The molecule has 1 N–H and O–H groups in total. The van der Waals surface area contributed by atoms with Crippen LogP contribution in [0.25, 0.3) is 10.2 Å². The van der Waals surface area contributed by atoms with Crippen LogP contribution in [0.3, 0.4) is 0 Å². The molecule has 3 aromatic rings. The quantitative estimate of drug-likeness (QED) is 0.452. The van der Waals surface area contributed by atoms with Gasteiger partial charge < -0.3 is 15.1 Å². The Kier molecular flexibility index (Phi) is 7.30. The predicted molar refractivity (Wildman–Crippen MR) is 141 cm³/mol. The molecule has 2 amide bonds. The van der Waals surface area contributed by atoms with Crippen molar-refractivity contribution in [2.75, 3.05) is 36.4 Å². The van der Waals surface area contributed by atoms with Crippen molar-refractivity contribution in [3.8, 4) is 0 Å². The molecule has 0 spiro atoms. The number of halogens is 3. The Morgan fingerprint density at radius 3 is 2.42 bits per heavy atom. The zero-order chi connectivity index (χ0) is 27.0. The number of anilines is 2. The van der Waals surface area contributed by atoms with Gasteiger partial charge in [0.2, 0.25) is 5.91 Å². The Labute approximate surface area is 223 Å². The van der Waals surface area contributed by atoms with Crippen molar-refractivity contribution in [2.24, 2.45) is 11.8 Å². The summed E-state index contributed by atoms with van der Waals surface area (Å²) in [5, 5.41) is 3.35. The lowest BCUT2D eigenvalue weighted by Crippen LogP contribution is -2.41. The van der Waals surface area contributed by atoms with Gasteiger partial charge in [-0.25, -0.2) is 4.98 Å². The van der Waals surface area contributed by atoms with Crippen LogP contribution in [0, 0.1) is 18.8 Å². The number of piperidine rings is 2. The maximum atomic E-state index is 13.6. The van der Waals surface area contributed by atoms with E-state index in [0.717, 1.165) is 40.5 Å². The number of nitrogens with one attached hydrogen (secondary N) is 1. The van der Waals surface area contributed by atoms with E-state index in [4.69, 9.17) is 0 Å². The van der Waals surface area contributed by atoms with Gasteiger partial charge in [-0.1, -0.05) is 19.1 Å². The predicted octanol–water partition coefficient (Wildman–Crippen LogP) is 5.75. The summed E-state index contributed by atoms with van der Waals surface area (Å²) in [5.74, 6) is -0.311. The zero-order valence-corrected chi connectivity index (χ0v) is 22.2. The van der Waals surface area contributed by atoms with Crippen LogP contribution in [0.2, 0.25) is 0 Å². The second-order valence-corrected chi connectivity index (χ2v) is 11.0. The van der Waals surface area contributed by atoms with Crippen LogP contribution in [0.15, 0.2) is 30.5 Å². The molecular weight excluding hydrogens is 515 g/mol. The van der Waals surface area contributed by atoms with Gasteiger partial charge in [0.1, 0.15) is 4.83 Å². The minimum absolute atomic E-state index is 0.0458. The molecule has 7 nitrogen and oxygen atoms in total. The first-order chi connectivity index (χ1) is 18.1. The molecule has 5 rings (SSSR count). The fourth-order valence-electron chi connectivity index (χ4n) is 5.34. The van der Waals surface area contributed by atoms with Crippen molar-refractivity contribution in [2.45, 2.75) is 45.7 Å². The highest BCUT2D eigenvalue weighted by Crippen LogP contribution is 2.38. The number of amides is 2. The number of para-hydroxylation sites is 1. The number of alkyl halides is 3. The van der Waals surface area contributed by atoms with Crippen LogP contribution in [-0.2, 0) is 11.0 Å². The number of benzene rings is 1. The molecule has 4 heterocycles. The van der Waals surface area contributed by atoms with Crippen LogP contribution in [0.5, 0.6) is 0 Å². The first kappa shape index (κ1) is 26.4. The third-order valence-corrected chi connectivity index (χ3v) is 8.47. The lowest BCUT2D eigenvalue weighted by Gasteiger charge is -2.36. The van der Waals surface area contributed by atoms with Gasteiger partial charge in [0.25, 0.3) is 5.91 Å². The number of carbonyl (C=O) groups is 2. The molecule has 2 aliphatic heterocycles. The standard InChI is InChI=1S/C27H30F3N5O2S/c1-16-7-11-35(12-8-16)26(37)19-15-31-25-22(17(2)33-38-25)23(19)34-13-9-18(10-14-34)24(36)32-21-6-4-3-5-20(21)27(28,29)30/h3-6,15-16,18H,7-14H2,1-2H3,(H,32,36). The van der Waals surface area contributed by atoms with Crippen molar-refractivity contribution in [3.63, 3.8) is 0 Å². The van der Waals surface area contributed by atoms with E-state index >= 15 is 0 Å². The van der Waals surface area contributed by atoms with E-state index in [0.29, 0.717) is 50.5 Å². The SMILES string of the molecule is Cc1nsc2ncc(C(=O)N3CCC(C)CC3)c(N3CCC(C(=O)Nc4ccccc4C(F)(F)F)CC3)c12. The number of likely N-dealkylation sites (tertiary alicyclic amines) is 1. The highest BCUT2D eigenvalue weighted by Gasteiger charge is 2.35. The summed E-state index contributed by atoms with van der Waals surface area (Å²) in [6, 6.07) is 5.01. The van der Waals surface area contributed by atoms with E-state index in [1.807, 2.05) is 11.8 Å². The molecule has 0 radical (unpaired) electrons. The summed E-state index contributed by atoms with van der Waals surface area (Å²) in [4.78, 5) is 35.9. The summed E-state index contributed by atoms with van der Waals surface area (Å²) in [6.07, 6.45) is -0.0731. The highest BCUT2D eigenvalue weighted by atomic mass is 32.1. The van der Waals surface area contributed by atoms with Crippen molar-refractivity contribution in [3.05, 3.63) is 47.3 Å². The van der Waals surface area contributed by atoms with E-state index in [2.05, 4.69) is 26.5 Å². The summed E-state index contributed by atoms with van der Waals surface area (Å²) >= 11 is 1.29. The van der Waals surface area contributed by atoms with E-state index < -0.39 is 23.6 Å². The second kappa shape index (κ2) is 10.5. The van der Waals surface area contributed by atoms with Gasteiger partial charge in [0, 0.05) is 38.3 Å². The normalized spacial score (nSPS) is 17.7. The van der Waals surface area contributed by atoms with Crippen molar-refractivity contribution in [1.82, 2.24) is 14.3 Å². The molecule has 11 heteroatoms. The summed E-state index contributed by atoms with van der Waals surface area (Å²) in [5.41, 5.74) is 1.05. The molecule has 1 aromatic carbocycles. The van der Waals surface area contributed by atoms with Gasteiger partial charge >= 0.3 is 6.18 Å². The van der Waals surface area contributed by atoms with Crippen LogP contribution >= 0.6 is 11.5 Å². The molecule has 2 saturated heterocycles. The third kappa shape index (κ3) is 5.21. The first-order valence-electron chi connectivity index (χ1n) is 12.9. The third-order valence-electron chi connectivity index (χ3n) is 7.62. The lowest BCUT2D eigenvalue weighted by atomic mass is 9.94. The fraction of sp³-hybridized carbons (Fsp3) is 0.481. The van der Waals surface area contributed by atoms with E-state index in [-0.39, 0.29) is 11.6 Å². The molecule has 0 saturated carbocycles. The monoisotopic (exact) mass is 545 g/mol. The van der Waals surface area contributed by atoms with Gasteiger partial charge in [-0.15, -0.1) is 0 Å². The molecule has 0 aliphatic carbocycles. The molecule has 202 valence electrons. The fourth-order valence-corrected chi connectivity index (χ4v) is 6.09. The van der Waals surface area contributed by atoms with E-state index in [9.17, 15) is 22.8 Å². The topological polar surface area (TPSA) is 78.4 Å². The van der Waals surface area contributed by atoms with Gasteiger partial charge in [-0.3, -0.25) is 9.59 Å². The number of hydrogen-bond donors (Lipinski definition) is 1. The number of aryl methyl sites for hydroxylation is 1.